The van der Waals surface area contributed by atoms with E-state index in [1.54, 1.807) is 12.1 Å². The number of nitrogens with zero attached hydrogens (tertiary/aromatic N) is 1. The molecule has 0 fully saturated rings. The topological polar surface area (TPSA) is 79.2 Å². The summed E-state index contributed by atoms with van der Waals surface area (Å²) >= 11 is 5.70. The van der Waals surface area contributed by atoms with Crippen LogP contribution in [0.4, 0.5) is 11.4 Å². The minimum atomic E-state index is -0.412. The Morgan fingerprint density at radius 3 is 1.83 bits per heavy atom. The SMILES string of the molecule is CCCC(CCC)NC(c1ccccc1)C(NC(=S)Nc1ccc([N+](=O)[O-])cc1)c1ccccc1. The molecule has 0 aliphatic rings. The highest BCUT2D eigenvalue weighted by molar-refractivity contribution is 7.80. The first-order valence-electron chi connectivity index (χ1n) is 12.2. The zero-order valence-corrected chi connectivity index (χ0v) is 21.1. The van der Waals surface area contributed by atoms with Crippen LogP contribution in [0.2, 0.25) is 0 Å². The lowest BCUT2D eigenvalue weighted by atomic mass is 9.91. The molecule has 2 atom stereocenters. The predicted molar refractivity (Wildman–Crippen MR) is 148 cm³/mol. The molecule has 7 heteroatoms. The number of anilines is 1. The van der Waals surface area contributed by atoms with Crippen LogP contribution in [0, 0.1) is 10.1 Å². The van der Waals surface area contributed by atoms with Gasteiger partial charge in [-0.3, -0.25) is 10.1 Å². The third-order valence-corrected chi connectivity index (χ3v) is 6.18. The van der Waals surface area contributed by atoms with Gasteiger partial charge in [0, 0.05) is 23.9 Å². The molecule has 0 saturated carbocycles. The van der Waals surface area contributed by atoms with Gasteiger partial charge in [0.05, 0.1) is 17.0 Å². The van der Waals surface area contributed by atoms with Crippen molar-refractivity contribution < 1.29 is 4.92 Å². The van der Waals surface area contributed by atoms with Crippen molar-refractivity contribution >= 4 is 28.7 Å². The van der Waals surface area contributed by atoms with Crippen LogP contribution in [0.3, 0.4) is 0 Å². The van der Waals surface area contributed by atoms with Gasteiger partial charge < -0.3 is 16.0 Å². The van der Waals surface area contributed by atoms with E-state index < -0.39 is 4.92 Å². The van der Waals surface area contributed by atoms with Crippen LogP contribution >= 0.6 is 12.2 Å². The van der Waals surface area contributed by atoms with Gasteiger partial charge in [0.2, 0.25) is 0 Å². The Kier molecular flexibility index (Phi) is 10.2. The van der Waals surface area contributed by atoms with Crippen LogP contribution in [0.15, 0.2) is 84.9 Å². The number of thiocarbonyl (C=S) groups is 1. The van der Waals surface area contributed by atoms with Gasteiger partial charge >= 0.3 is 0 Å². The lowest BCUT2D eigenvalue weighted by Gasteiger charge is -2.34. The monoisotopic (exact) mass is 490 g/mol. The van der Waals surface area contributed by atoms with E-state index in [1.807, 2.05) is 24.3 Å². The van der Waals surface area contributed by atoms with Crippen LogP contribution < -0.4 is 16.0 Å². The van der Waals surface area contributed by atoms with E-state index in [-0.39, 0.29) is 17.8 Å². The zero-order valence-electron chi connectivity index (χ0n) is 20.3. The van der Waals surface area contributed by atoms with E-state index in [2.05, 4.69) is 66.2 Å². The van der Waals surface area contributed by atoms with Gasteiger partial charge in [0.1, 0.15) is 0 Å². The summed E-state index contributed by atoms with van der Waals surface area (Å²) in [5.41, 5.74) is 3.04. The molecule has 3 aromatic carbocycles. The summed E-state index contributed by atoms with van der Waals surface area (Å²) in [7, 11) is 0. The average molecular weight is 491 g/mol. The summed E-state index contributed by atoms with van der Waals surface area (Å²) < 4.78 is 0. The van der Waals surface area contributed by atoms with Gasteiger partial charge in [-0.05, 0) is 48.3 Å². The molecule has 0 amide bonds. The molecule has 2 unspecified atom stereocenters. The minimum Gasteiger partial charge on any atom is -0.354 e. The third-order valence-electron chi connectivity index (χ3n) is 5.96. The van der Waals surface area contributed by atoms with Gasteiger partial charge in [-0.15, -0.1) is 0 Å². The second kappa shape index (κ2) is 13.6. The summed E-state index contributed by atoms with van der Waals surface area (Å²) in [6.07, 6.45) is 4.43. The van der Waals surface area contributed by atoms with Crippen LogP contribution in [-0.4, -0.2) is 16.1 Å². The Morgan fingerprint density at radius 2 is 1.34 bits per heavy atom. The second-order valence-corrected chi connectivity index (χ2v) is 9.03. The number of hydrogen-bond acceptors (Lipinski definition) is 4. The fourth-order valence-corrected chi connectivity index (χ4v) is 4.55. The number of non-ortho nitro benzene ring substituents is 1. The van der Waals surface area contributed by atoms with E-state index >= 15 is 0 Å². The second-order valence-electron chi connectivity index (χ2n) is 8.62. The largest absolute Gasteiger partial charge is 0.354 e. The van der Waals surface area contributed by atoms with Crippen LogP contribution in [-0.2, 0) is 0 Å². The fourth-order valence-electron chi connectivity index (χ4n) is 4.30. The maximum Gasteiger partial charge on any atom is 0.269 e. The van der Waals surface area contributed by atoms with E-state index in [1.165, 1.54) is 17.7 Å². The Labute approximate surface area is 213 Å². The molecule has 0 bridgehead atoms. The number of benzene rings is 3. The number of nitro groups is 1. The van der Waals surface area contributed by atoms with Crippen molar-refractivity contribution in [3.8, 4) is 0 Å². The quantitative estimate of drug-likeness (QED) is 0.145. The maximum atomic E-state index is 11.0. The highest BCUT2D eigenvalue weighted by atomic mass is 32.1. The van der Waals surface area contributed by atoms with Crippen molar-refractivity contribution in [2.75, 3.05) is 5.32 Å². The highest BCUT2D eigenvalue weighted by Crippen LogP contribution is 2.31. The number of hydrogen-bond donors (Lipinski definition) is 3. The Balaban J connectivity index is 1.90. The lowest BCUT2D eigenvalue weighted by molar-refractivity contribution is -0.384. The third kappa shape index (κ3) is 7.87. The maximum absolute atomic E-state index is 11.0. The van der Waals surface area contributed by atoms with Crippen molar-refractivity contribution in [1.29, 1.82) is 0 Å². The number of nitrogens with one attached hydrogen (secondary N) is 3. The summed E-state index contributed by atoms with van der Waals surface area (Å²) in [6, 6.07) is 27.3. The van der Waals surface area contributed by atoms with Crippen molar-refractivity contribution in [3.63, 3.8) is 0 Å². The van der Waals surface area contributed by atoms with Crippen molar-refractivity contribution in [1.82, 2.24) is 10.6 Å². The standard InChI is InChI=1S/C28H34N4O2S/c1-3-11-23(12-4-2)29-26(21-13-7-5-8-14-21)27(22-15-9-6-10-16-22)31-28(35)30-24-17-19-25(20-18-24)32(33)34/h5-10,13-20,23,26-27,29H,3-4,11-12H2,1-2H3,(H2,30,31,35). The minimum absolute atomic E-state index is 0.0155. The Bertz CT molecular complexity index is 1060. The van der Waals surface area contributed by atoms with Crippen molar-refractivity contribution in [3.05, 3.63) is 106 Å². The predicted octanol–water partition coefficient (Wildman–Crippen LogP) is 6.92. The summed E-state index contributed by atoms with van der Waals surface area (Å²) in [6.45, 7) is 4.44. The van der Waals surface area contributed by atoms with Crippen molar-refractivity contribution in [2.45, 2.75) is 57.7 Å². The van der Waals surface area contributed by atoms with Crippen molar-refractivity contribution in [2.24, 2.45) is 0 Å². The molecule has 35 heavy (non-hydrogen) atoms. The molecule has 0 heterocycles. The van der Waals surface area contributed by atoms with Gasteiger partial charge in [-0.1, -0.05) is 87.4 Å². The highest BCUT2D eigenvalue weighted by Gasteiger charge is 2.27. The van der Waals surface area contributed by atoms with Crippen LogP contribution in [0.25, 0.3) is 0 Å². The lowest BCUT2D eigenvalue weighted by Crippen LogP contribution is -2.43. The van der Waals surface area contributed by atoms with E-state index in [0.717, 1.165) is 31.2 Å². The molecular formula is C28H34N4O2S. The first kappa shape index (κ1) is 26.3. The summed E-state index contributed by atoms with van der Waals surface area (Å²) in [5, 5.41) is 22.1. The first-order valence-corrected chi connectivity index (χ1v) is 12.6. The first-order chi connectivity index (χ1) is 17.0. The Morgan fingerprint density at radius 1 is 0.829 bits per heavy atom. The molecule has 0 radical (unpaired) electrons. The summed E-state index contributed by atoms with van der Waals surface area (Å²) in [5.74, 6) is 0. The molecule has 0 aliphatic heterocycles. The number of rotatable bonds is 12. The van der Waals surface area contributed by atoms with Gasteiger partial charge in [-0.2, -0.15) is 0 Å². The Hall–Kier alpha value is -3.29. The molecule has 6 nitrogen and oxygen atoms in total. The molecule has 0 spiro atoms. The summed E-state index contributed by atoms with van der Waals surface area (Å²) in [4.78, 5) is 10.6. The molecule has 0 aromatic heterocycles. The van der Waals surface area contributed by atoms with Gasteiger partial charge in [-0.25, -0.2) is 0 Å². The van der Waals surface area contributed by atoms with E-state index in [9.17, 15) is 10.1 Å². The van der Waals surface area contributed by atoms with Crippen LogP contribution in [0.1, 0.15) is 62.7 Å². The normalized spacial score (nSPS) is 12.7. The molecule has 0 saturated heterocycles. The molecule has 3 N–H and O–H groups in total. The number of nitro benzene ring substituents is 1. The molecule has 3 aromatic rings. The molecule has 184 valence electrons. The van der Waals surface area contributed by atoms with Gasteiger partial charge in [0.15, 0.2) is 5.11 Å². The smallest absolute Gasteiger partial charge is 0.269 e. The zero-order chi connectivity index (χ0) is 25.0. The molecular weight excluding hydrogens is 456 g/mol. The molecule has 0 aliphatic carbocycles. The fraction of sp³-hybridized carbons (Fsp3) is 0.321. The van der Waals surface area contributed by atoms with E-state index in [0.29, 0.717) is 16.8 Å². The van der Waals surface area contributed by atoms with Crippen LogP contribution in [0.5, 0.6) is 0 Å². The average Bonchev–Trinajstić information content (AvgIpc) is 2.87. The van der Waals surface area contributed by atoms with Gasteiger partial charge in [0.25, 0.3) is 5.69 Å². The van der Waals surface area contributed by atoms with E-state index in [4.69, 9.17) is 12.2 Å². The molecule has 3 rings (SSSR count).